The lowest BCUT2D eigenvalue weighted by Gasteiger charge is -2.24. The lowest BCUT2D eigenvalue weighted by molar-refractivity contribution is -0.122. The minimum Gasteiger partial charge on any atom is -0.494 e. The highest BCUT2D eigenvalue weighted by Gasteiger charge is 2.17. The van der Waals surface area contributed by atoms with Gasteiger partial charge in [0.05, 0.1) is 13.2 Å². The van der Waals surface area contributed by atoms with Gasteiger partial charge in [0.2, 0.25) is 5.91 Å². The van der Waals surface area contributed by atoms with Gasteiger partial charge in [-0.15, -0.1) is 0 Å². The predicted molar refractivity (Wildman–Crippen MR) is 83.6 cm³/mol. The van der Waals surface area contributed by atoms with Crippen LogP contribution in [0.5, 0.6) is 11.5 Å². The Morgan fingerprint density at radius 3 is 2.29 bits per heavy atom. The fourth-order valence-electron chi connectivity index (χ4n) is 1.71. The van der Waals surface area contributed by atoms with Crippen LogP contribution in [0.4, 0.5) is 0 Å². The topological polar surface area (TPSA) is 73.6 Å². The van der Waals surface area contributed by atoms with Gasteiger partial charge in [-0.2, -0.15) is 0 Å². The summed E-state index contributed by atoms with van der Waals surface area (Å²) < 4.78 is 10.9. The van der Waals surface area contributed by atoms with Gasteiger partial charge in [-0.05, 0) is 51.5 Å². The van der Waals surface area contributed by atoms with Crippen LogP contribution in [-0.4, -0.2) is 31.2 Å². The van der Waals surface area contributed by atoms with Crippen LogP contribution < -0.4 is 20.5 Å². The Labute approximate surface area is 126 Å². The molecule has 5 heteroatoms. The van der Waals surface area contributed by atoms with E-state index in [-0.39, 0.29) is 11.4 Å². The molecule has 0 unspecified atom stereocenters. The Kier molecular flexibility index (Phi) is 7.02. The number of benzene rings is 1. The average Bonchev–Trinajstić information content (AvgIpc) is 2.45. The molecule has 0 spiro atoms. The summed E-state index contributed by atoms with van der Waals surface area (Å²) in [7, 11) is 0. The van der Waals surface area contributed by atoms with E-state index in [4.69, 9.17) is 15.2 Å². The first kappa shape index (κ1) is 17.3. The van der Waals surface area contributed by atoms with E-state index in [1.807, 2.05) is 45.0 Å². The van der Waals surface area contributed by atoms with Gasteiger partial charge in [0, 0.05) is 18.5 Å². The quantitative estimate of drug-likeness (QED) is 0.684. The number of hydrogen-bond acceptors (Lipinski definition) is 4. The van der Waals surface area contributed by atoms with E-state index in [0.717, 1.165) is 11.5 Å². The molecule has 1 aromatic rings. The van der Waals surface area contributed by atoms with Crippen molar-refractivity contribution in [2.24, 2.45) is 5.73 Å². The lowest BCUT2D eigenvalue weighted by Crippen LogP contribution is -2.48. The molecule has 5 nitrogen and oxygen atoms in total. The summed E-state index contributed by atoms with van der Waals surface area (Å²) in [5.74, 6) is 1.61. The van der Waals surface area contributed by atoms with Crippen LogP contribution in [0.1, 0.15) is 33.6 Å². The molecule has 0 aliphatic heterocycles. The van der Waals surface area contributed by atoms with Crippen molar-refractivity contribution in [2.45, 2.75) is 39.2 Å². The molecule has 0 heterocycles. The first-order valence-corrected chi connectivity index (χ1v) is 7.33. The van der Waals surface area contributed by atoms with Crippen LogP contribution in [0.15, 0.2) is 24.3 Å². The van der Waals surface area contributed by atoms with Gasteiger partial charge in [0.15, 0.2) is 0 Å². The van der Waals surface area contributed by atoms with Gasteiger partial charge in [0.1, 0.15) is 11.5 Å². The first-order chi connectivity index (χ1) is 9.96. The molecule has 0 aliphatic carbocycles. The summed E-state index contributed by atoms with van der Waals surface area (Å²) in [6.45, 7) is 7.32. The molecule has 0 saturated carbocycles. The summed E-state index contributed by atoms with van der Waals surface area (Å²) in [6.07, 6.45) is 1.10. The van der Waals surface area contributed by atoms with E-state index in [1.54, 1.807) is 0 Å². The van der Waals surface area contributed by atoms with Crippen molar-refractivity contribution < 1.29 is 14.3 Å². The summed E-state index contributed by atoms with van der Waals surface area (Å²) in [5.41, 5.74) is 5.22. The van der Waals surface area contributed by atoms with E-state index in [9.17, 15) is 4.79 Å². The fourth-order valence-corrected chi connectivity index (χ4v) is 1.71. The Hall–Kier alpha value is -1.75. The lowest BCUT2D eigenvalue weighted by atomic mass is 10.1. The number of amides is 1. The van der Waals surface area contributed by atoms with Gasteiger partial charge in [0.25, 0.3) is 0 Å². The van der Waals surface area contributed by atoms with Crippen molar-refractivity contribution in [3.8, 4) is 11.5 Å². The Bertz CT molecular complexity index is 430. The molecule has 0 bridgehead atoms. The predicted octanol–water partition coefficient (Wildman–Crippen LogP) is 2.10. The largest absolute Gasteiger partial charge is 0.494 e. The van der Waals surface area contributed by atoms with Gasteiger partial charge < -0.3 is 20.5 Å². The van der Waals surface area contributed by atoms with Crippen LogP contribution in [0.25, 0.3) is 0 Å². The number of nitrogens with one attached hydrogen (secondary N) is 1. The van der Waals surface area contributed by atoms with Crippen LogP contribution in [0.3, 0.4) is 0 Å². The molecule has 3 N–H and O–H groups in total. The molecule has 118 valence electrons. The second-order valence-corrected chi connectivity index (χ2v) is 5.49. The molecule has 0 atom stereocenters. The van der Waals surface area contributed by atoms with E-state index in [1.165, 1.54) is 0 Å². The fraction of sp³-hybridized carbons (Fsp3) is 0.562. The van der Waals surface area contributed by atoms with Crippen molar-refractivity contribution in [3.05, 3.63) is 24.3 Å². The third kappa shape index (κ3) is 6.99. The monoisotopic (exact) mass is 294 g/mol. The van der Waals surface area contributed by atoms with E-state index in [2.05, 4.69) is 5.32 Å². The van der Waals surface area contributed by atoms with Crippen molar-refractivity contribution in [1.82, 2.24) is 5.32 Å². The number of nitrogens with two attached hydrogens (primary N) is 1. The number of rotatable bonds is 9. The van der Waals surface area contributed by atoms with Crippen molar-refractivity contribution in [2.75, 3.05) is 19.8 Å². The van der Waals surface area contributed by atoms with Crippen LogP contribution in [-0.2, 0) is 4.79 Å². The van der Waals surface area contributed by atoms with Crippen LogP contribution >= 0.6 is 0 Å². The Morgan fingerprint density at radius 2 is 1.76 bits per heavy atom. The van der Waals surface area contributed by atoms with E-state index in [0.29, 0.717) is 32.6 Å². The second-order valence-electron chi connectivity index (χ2n) is 5.49. The molecule has 0 radical (unpaired) electrons. The number of carbonyl (C=O) groups is 1. The van der Waals surface area contributed by atoms with Gasteiger partial charge >= 0.3 is 0 Å². The standard InChI is InChI=1S/C16H26N2O3/c1-4-20-13-7-9-14(10-8-13)21-11-5-6-15(19)18-16(2,3)12-17/h7-10H,4-6,11-12,17H2,1-3H3,(H,18,19). The molecule has 0 fully saturated rings. The van der Waals surface area contributed by atoms with Gasteiger partial charge in [-0.3, -0.25) is 4.79 Å². The minimum absolute atomic E-state index is 0.000689. The highest BCUT2D eigenvalue weighted by Crippen LogP contribution is 2.17. The van der Waals surface area contributed by atoms with Crippen LogP contribution in [0.2, 0.25) is 0 Å². The molecular formula is C16H26N2O3. The molecule has 21 heavy (non-hydrogen) atoms. The zero-order valence-corrected chi connectivity index (χ0v) is 13.1. The van der Waals surface area contributed by atoms with Gasteiger partial charge in [-0.1, -0.05) is 0 Å². The van der Waals surface area contributed by atoms with E-state index >= 15 is 0 Å². The SMILES string of the molecule is CCOc1ccc(OCCCC(=O)NC(C)(C)CN)cc1. The van der Waals surface area contributed by atoms with Crippen molar-refractivity contribution >= 4 is 5.91 Å². The maximum absolute atomic E-state index is 11.7. The van der Waals surface area contributed by atoms with Crippen molar-refractivity contribution in [1.29, 1.82) is 0 Å². The summed E-state index contributed by atoms with van der Waals surface area (Å²) >= 11 is 0. The molecular weight excluding hydrogens is 268 g/mol. The zero-order valence-electron chi connectivity index (χ0n) is 13.1. The average molecular weight is 294 g/mol. The molecule has 0 saturated heterocycles. The highest BCUT2D eigenvalue weighted by atomic mass is 16.5. The second kappa shape index (κ2) is 8.52. The molecule has 1 aromatic carbocycles. The van der Waals surface area contributed by atoms with Crippen LogP contribution in [0, 0.1) is 0 Å². The number of hydrogen-bond donors (Lipinski definition) is 2. The van der Waals surface area contributed by atoms with Crippen molar-refractivity contribution in [3.63, 3.8) is 0 Å². The molecule has 0 aromatic heterocycles. The summed E-state index contributed by atoms with van der Waals surface area (Å²) in [6, 6.07) is 7.47. The normalized spacial score (nSPS) is 11.0. The third-order valence-corrected chi connectivity index (χ3v) is 2.94. The third-order valence-electron chi connectivity index (χ3n) is 2.94. The van der Waals surface area contributed by atoms with Gasteiger partial charge in [-0.25, -0.2) is 0 Å². The number of ether oxygens (including phenoxy) is 2. The molecule has 0 aliphatic rings. The first-order valence-electron chi connectivity index (χ1n) is 7.33. The molecule has 1 rings (SSSR count). The highest BCUT2D eigenvalue weighted by molar-refractivity contribution is 5.76. The Balaban J connectivity index is 2.23. The van der Waals surface area contributed by atoms with E-state index < -0.39 is 0 Å². The summed E-state index contributed by atoms with van der Waals surface area (Å²) in [5, 5.41) is 2.89. The Morgan fingerprint density at radius 1 is 1.19 bits per heavy atom. The smallest absolute Gasteiger partial charge is 0.220 e. The molecule has 1 amide bonds. The maximum Gasteiger partial charge on any atom is 0.220 e. The minimum atomic E-state index is -0.354. The number of carbonyl (C=O) groups excluding carboxylic acids is 1. The zero-order chi connectivity index (χ0) is 15.7. The summed E-state index contributed by atoms with van der Waals surface area (Å²) in [4.78, 5) is 11.7. The maximum atomic E-state index is 11.7.